The van der Waals surface area contributed by atoms with Gasteiger partial charge in [0.25, 0.3) is 0 Å². The van der Waals surface area contributed by atoms with Gasteiger partial charge in [0.1, 0.15) is 12.6 Å². The minimum absolute atomic E-state index is 0.207. The Morgan fingerprint density at radius 3 is 2.65 bits per heavy atom. The summed E-state index contributed by atoms with van der Waals surface area (Å²) in [7, 11) is 1.33. The van der Waals surface area contributed by atoms with E-state index in [-0.39, 0.29) is 18.5 Å². The highest BCUT2D eigenvalue weighted by Crippen LogP contribution is 2.24. The molecule has 0 aliphatic carbocycles. The van der Waals surface area contributed by atoms with Gasteiger partial charge < -0.3 is 9.47 Å². The first-order valence-electron chi connectivity index (χ1n) is 6.67. The van der Waals surface area contributed by atoms with E-state index in [0.717, 1.165) is 5.56 Å². The van der Waals surface area contributed by atoms with Crippen LogP contribution in [0.2, 0.25) is 0 Å². The minimum Gasteiger partial charge on any atom is -0.467 e. The molecule has 1 aliphatic heterocycles. The van der Waals surface area contributed by atoms with Crippen molar-refractivity contribution in [2.24, 2.45) is 5.92 Å². The van der Waals surface area contributed by atoms with Gasteiger partial charge in [-0.15, -0.1) is 0 Å². The maximum absolute atomic E-state index is 12.1. The van der Waals surface area contributed by atoms with Crippen molar-refractivity contribution in [3.05, 3.63) is 35.9 Å². The van der Waals surface area contributed by atoms with Crippen LogP contribution in [-0.2, 0) is 20.9 Å². The molecule has 1 fully saturated rings. The molecule has 5 heteroatoms. The zero-order valence-corrected chi connectivity index (χ0v) is 11.7. The lowest BCUT2D eigenvalue weighted by Crippen LogP contribution is -2.41. The number of rotatable bonds is 3. The second-order valence-electron chi connectivity index (χ2n) is 5.07. The molecule has 1 aliphatic rings. The van der Waals surface area contributed by atoms with E-state index in [0.29, 0.717) is 13.0 Å². The maximum Gasteiger partial charge on any atom is 0.410 e. The predicted molar refractivity (Wildman–Crippen MR) is 72.9 cm³/mol. The summed E-state index contributed by atoms with van der Waals surface area (Å²) in [4.78, 5) is 25.2. The van der Waals surface area contributed by atoms with Gasteiger partial charge in [0, 0.05) is 6.54 Å². The van der Waals surface area contributed by atoms with Gasteiger partial charge in [0.05, 0.1) is 7.11 Å². The van der Waals surface area contributed by atoms with Crippen LogP contribution in [0.1, 0.15) is 18.9 Å². The Bertz CT molecular complexity index is 474. The highest BCUT2D eigenvalue weighted by molar-refractivity contribution is 5.82. The monoisotopic (exact) mass is 277 g/mol. The Balaban J connectivity index is 1.95. The molecule has 5 nitrogen and oxygen atoms in total. The summed E-state index contributed by atoms with van der Waals surface area (Å²) in [5.41, 5.74) is 0.919. The molecule has 1 heterocycles. The van der Waals surface area contributed by atoms with Crippen molar-refractivity contribution in [3.8, 4) is 0 Å². The Morgan fingerprint density at radius 1 is 1.30 bits per heavy atom. The molecular weight excluding hydrogens is 258 g/mol. The first-order chi connectivity index (χ1) is 9.61. The third kappa shape index (κ3) is 3.29. The fourth-order valence-electron chi connectivity index (χ4n) is 2.41. The van der Waals surface area contributed by atoms with Gasteiger partial charge in [-0.3, -0.25) is 4.90 Å². The zero-order chi connectivity index (χ0) is 14.5. The number of hydrogen-bond donors (Lipinski definition) is 0. The topological polar surface area (TPSA) is 55.8 Å². The minimum atomic E-state index is -0.529. The van der Waals surface area contributed by atoms with E-state index in [1.165, 1.54) is 12.0 Å². The molecule has 0 radical (unpaired) electrons. The molecule has 0 bridgehead atoms. The molecule has 0 spiro atoms. The number of carbonyl (C=O) groups excluding carboxylic acids is 2. The van der Waals surface area contributed by atoms with Gasteiger partial charge in [-0.2, -0.15) is 0 Å². The fourth-order valence-corrected chi connectivity index (χ4v) is 2.41. The van der Waals surface area contributed by atoms with Crippen LogP contribution in [0.15, 0.2) is 30.3 Å². The third-order valence-corrected chi connectivity index (χ3v) is 3.42. The van der Waals surface area contributed by atoms with E-state index < -0.39 is 12.1 Å². The van der Waals surface area contributed by atoms with Crippen molar-refractivity contribution in [1.29, 1.82) is 0 Å². The van der Waals surface area contributed by atoms with Crippen molar-refractivity contribution in [2.45, 2.75) is 26.0 Å². The van der Waals surface area contributed by atoms with Gasteiger partial charge in [-0.1, -0.05) is 37.3 Å². The first kappa shape index (κ1) is 14.4. The molecule has 1 aromatic carbocycles. The molecular formula is C15H19NO4. The molecule has 1 aromatic rings. The van der Waals surface area contributed by atoms with Crippen LogP contribution in [0.4, 0.5) is 4.79 Å². The number of esters is 1. The lowest BCUT2D eigenvalue weighted by Gasteiger charge is -2.21. The second-order valence-corrected chi connectivity index (χ2v) is 5.07. The predicted octanol–water partition coefficient (Wildman–Crippen LogP) is 2.21. The number of benzene rings is 1. The van der Waals surface area contributed by atoms with Crippen molar-refractivity contribution >= 4 is 12.1 Å². The Labute approximate surface area is 118 Å². The lowest BCUT2D eigenvalue weighted by molar-refractivity contribution is -0.145. The number of likely N-dealkylation sites (tertiary alicyclic amines) is 1. The number of nitrogens with zero attached hydrogens (tertiary/aromatic N) is 1. The van der Waals surface area contributed by atoms with Crippen molar-refractivity contribution in [2.75, 3.05) is 13.7 Å². The van der Waals surface area contributed by atoms with Crippen LogP contribution >= 0.6 is 0 Å². The number of methoxy groups -OCH3 is 1. The zero-order valence-electron chi connectivity index (χ0n) is 11.7. The van der Waals surface area contributed by atoms with Crippen molar-refractivity contribution < 1.29 is 19.1 Å². The van der Waals surface area contributed by atoms with E-state index in [9.17, 15) is 9.59 Å². The highest BCUT2D eigenvalue weighted by Gasteiger charge is 2.39. The normalized spacial score (nSPS) is 21.6. The average Bonchev–Trinajstić information content (AvgIpc) is 2.87. The number of amides is 1. The summed E-state index contributed by atoms with van der Waals surface area (Å²) in [5, 5.41) is 0. The lowest BCUT2D eigenvalue weighted by atomic mass is 10.1. The molecule has 1 saturated heterocycles. The standard InChI is InChI=1S/C15H19NO4/c1-11-8-13(14(17)19-2)16(9-11)15(18)20-10-12-6-4-3-5-7-12/h3-7,11,13H,8-10H2,1-2H3/t11?,13-/m1/s1. The van der Waals surface area contributed by atoms with Crippen LogP contribution in [0.25, 0.3) is 0 Å². The largest absolute Gasteiger partial charge is 0.467 e. The molecule has 1 amide bonds. The smallest absolute Gasteiger partial charge is 0.410 e. The van der Waals surface area contributed by atoms with Crippen LogP contribution in [-0.4, -0.2) is 36.7 Å². The summed E-state index contributed by atoms with van der Waals surface area (Å²) < 4.78 is 10.0. The number of hydrogen-bond acceptors (Lipinski definition) is 4. The molecule has 2 atom stereocenters. The third-order valence-electron chi connectivity index (χ3n) is 3.42. The van der Waals surface area contributed by atoms with E-state index in [4.69, 9.17) is 9.47 Å². The quantitative estimate of drug-likeness (QED) is 0.795. The first-order valence-corrected chi connectivity index (χ1v) is 6.67. The van der Waals surface area contributed by atoms with Crippen molar-refractivity contribution in [3.63, 3.8) is 0 Å². The van der Waals surface area contributed by atoms with Crippen molar-refractivity contribution in [1.82, 2.24) is 4.90 Å². The summed E-state index contributed by atoms with van der Waals surface area (Å²) in [6.07, 6.45) is 0.154. The molecule has 0 saturated carbocycles. The van der Waals surface area contributed by atoms with E-state index in [1.807, 2.05) is 37.3 Å². The Hall–Kier alpha value is -2.04. The molecule has 20 heavy (non-hydrogen) atoms. The Morgan fingerprint density at radius 2 is 2.00 bits per heavy atom. The van der Waals surface area contributed by atoms with Gasteiger partial charge in [0.2, 0.25) is 0 Å². The number of carbonyl (C=O) groups is 2. The molecule has 0 aromatic heterocycles. The van der Waals surface area contributed by atoms with Crippen LogP contribution < -0.4 is 0 Å². The van der Waals surface area contributed by atoms with Crippen LogP contribution in [0.5, 0.6) is 0 Å². The summed E-state index contributed by atoms with van der Waals surface area (Å²) in [6.45, 7) is 2.73. The van der Waals surface area contributed by atoms with Gasteiger partial charge >= 0.3 is 12.1 Å². The van der Waals surface area contributed by atoms with Gasteiger partial charge in [-0.05, 0) is 17.9 Å². The summed E-state index contributed by atoms with van der Waals surface area (Å²) in [6, 6.07) is 8.92. The maximum atomic E-state index is 12.1. The second kappa shape index (κ2) is 6.41. The van der Waals surface area contributed by atoms with Gasteiger partial charge in [0.15, 0.2) is 0 Å². The van der Waals surface area contributed by atoms with E-state index in [2.05, 4.69) is 0 Å². The summed E-state index contributed by atoms with van der Waals surface area (Å²) >= 11 is 0. The summed E-state index contributed by atoms with van der Waals surface area (Å²) in [5.74, 6) is -0.116. The Kier molecular flexibility index (Phi) is 4.61. The van der Waals surface area contributed by atoms with Gasteiger partial charge in [-0.25, -0.2) is 9.59 Å². The van der Waals surface area contributed by atoms with Crippen LogP contribution in [0, 0.1) is 5.92 Å². The SMILES string of the molecule is COC(=O)[C@H]1CC(C)CN1C(=O)OCc1ccccc1. The molecule has 0 N–H and O–H groups in total. The molecule has 108 valence electrons. The molecule has 1 unspecified atom stereocenters. The van der Waals surface area contributed by atoms with E-state index >= 15 is 0 Å². The van der Waals surface area contributed by atoms with Crippen LogP contribution in [0.3, 0.4) is 0 Å². The van der Waals surface area contributed by atoms with E-state index in [1.54, 1.807) is 0 Å². The average molecular weight is 277 g/mol. The fraction of sp³-hybridized carbons (Fsp3) is 0.467. The highest BCUT2D eigenvalue weighted by atomic mass is 16.6. The molecule has 2 rings (SSSR count). The number of ether oxygens (including phenoxy) is 2.